The van der Waals surface area contributed by atoms with Gasteiger partial charge in [-0.25, -0.2) is 0 Å². The molecule has 8 heteroatoms. The number of rotatable bonds is 5. The van der Waals surface area contributed by atoms with Crippen LogP contribution in [0.3, 0.4) is 0 Å². The standard InChI is InChI=1S/C12H11BrF3NO3/c13-7-3-4-8(9(6-7)12(14,15)16)11(20)17-5-1-2-10(18)19/h3-4,6H,1-2,5H2,(H,17,20)(H,18,19). The largest absolute Gasteiger partial charge is 0.481 e. The van der Waals surface area contributed by atoms with E-state index in [2.05, 4.69) is 21.2 Å². The SMILES string of the molecule is O=C(O)CCCNC(=O)c1ccc(Br)cc1C(F)(F)F. The molecule has 4 nitrogen and oxygen atoms in total. The smallest absolute Gasteiger partial charge is 0.417 e. The van der Waals surface area contributed by atoms with E-state index < -0.39 is 29.2 Å². The predicted octanol–water partition coefficient (Wildman–Crippen LogP) is 3.06. The fourth-order valence-electron chi connectivity index (χ4n) is 1.49. The van der Waals surface area contributed by atoms with Gasteiger partial charge in [0.05, 0.1) is 11.1 Å². The van der Waals surface area contributed by atoms with Crippen molar-refractivity contribution in [1.29, 1.82) is 0 Å². The average molecular weight is 354 g/mol. The van der Waals surface area contributed by atoms with Crippen LogP contribution in [0.5, 0.6) is 0 Å². The van der Waals surface area contributed by atoms with Crippen LogP contribution in [-0.2, 0) is 11.0 Å². The highest BCUT2D eigenvalue weighted by molar-refractivity contribution is 9.10. The highest BCUT2D eigenvalue weighted by Crippen LogP contribution is 2.33. The van der Waals surface area contributed by atoms with E-state index in [1.54, 1.807) is 0 Å². The number of carboxylic acid groups (broad SMARTS) is 1. The molecule has 110 valence electrons. The van der Waals surface area contributed by atoms with E-state index in [0.717, 1.165) is 12.1 Å². The average Bonchev–Trinajstić information content (AvgIpc) is 2.33. The fourth-order valence-corrected chi connectivity index (χ4v) is 1.85. The minimum absolute atomic E-state index is 0.00149. The summed E-state index contributed by atoms with van der Waals surface area (Å²) in [5.41, 5.74) is -1.53. The molecule has 0 bridgehead atoms. The van der Waals surface area contributed by atoms with Crippen molar-refractivity contribution in [3.8, 4) is 0 Å². The highest BCUT2D eigenvalue weighted by atomic mass is 79.9. The molecular weight excluding hydrogens is 343 g/mol. The maximum absolute atomic E-state index is 12.8. The lowest BCUT2D eigenvalue weighted by Gasteiger charge is -2.13. The van der Waals surface area contributed by atoms with Crippen molar-refractivity contribution in [1.82, 2.24) is 5.32 Å². The van der Waals surface area contributed by atoms with Crippen LogP contribution >= 0.6 is 15.9 Å². The Hall–Kier alpha value is -1.57. The first-order valence-corrected chi connectivity index (χ1v) is 6.38. The number of aliphatic carboxylic acids is 1. The molecule has 0 fully saturated rings. The fraction of sp³-hybridized carbons (Fsp3) is 0.333. The molecule has 0 saturated heterocycles. The zero-order valence-corrected chi connectivity index (χ0v) is 11.7. The van der Waals surface area contributed by atoms with Crippen LogP contribution in [-0.4, -0.2) is 23.5 Å². The number of nitrogens with one attached hydrogen (secondary N) is 1. The summed E-state index contributed by atoms with van der Waals surface area (Å²) in [6.07, 6.45) is -4.65. The summed E-state index contributed by atoms with van der Waals surface area (Å²) >= 11 is 2.92. The van der Waals surface area contributed by atoms with E-state index in [-0.39, 0.29) is 23.9 Å². The highest BCUT2D eigenvalue weighted by Gasteiger charge is 2.35. The van der Waals surface area contributed by atoms with Gasteiger partial charge < -0.3 is 10.4 Å². The Morgan fingerprint density at radius 2 is 1.95 bits per heavy atom. The number of halogens is 4. The zero-order valence-electron chi connectivity index (χ0n) is 10.1. The van der Waals surface area contributed by atoms with Gasteiger partial charge in [-0.1, -0.05) is 15.9 Å². The summed E-state index contributed by atoms with van der Waals surface area (Å²) in [5.74, 6) is -1.91. The van der Waals surface area contributed by atoms with Crippen molar-refractivity contribution in [2.45, 2.75) is 19.0 Å². The molecule has 2 N–H and O–H groups in total. The van der Waals surface area contributed by atoms with Gasteiger partial charge in [0.25, 0.3) is 5.91 Å². The third-order valence-electron chi connectivity index (χ3n) is 2.38. The predicted molar refractivity (Wildman–Crippen MR) is 68.3 cm³/mol. The van der Waals surface area contributed by atoms with Crippen LogP contribution in [0.1, 0.15) is 28.8 Å². The molecule has 1 rings (SSSR count). The first-order valence-electron chi connectivity index (χ1n) is 5.58. The lowest BCUT2D eigenvalue weighted by atomic mass is 10.1. The van der Waals surface area contributed by atoms with Gasteiger partial charge in [-0.15, -0.1) is 0 Å². The number of benzene rings is 1. The number of hydrogen-bond donors (Lipinski definition) is 2. The van der Waals surface area contributed by atoms with Gasteiger partial charge >= 0.3 is 12.1 Å². The van der Waals surface area contributed by atoms with Crippen molar-refractivity contribution in [2.24, 2.45) is 0 Å². The van der Waals surface area contributed by atoms with Gasteiger partial charge in [-0.05, 0) is 24.6 Å². The summed E-state index contributed by atoms with van der Waals surface area (Å²) in [4.78, 5) is 22.0. The third kappa shape index (κ3) is 4.84. The Morgan fingerprint density at radius 3 is 2.50 bits per heavy atom. The number of carboxylic acids is 1. The summed E-state index contributed by atoms with van der Waals surface area (Å²) in [7, 11) is 0. The van der Waals surface area contributed by atoms with Crippen molar-refractivity contribution < 1.29 is 27.9 Å². The maximum atomic E-state index is 12.8. The van der Waals surface area contributed by atoms with Crippen molar-refractivity contribution in [3.63, 3.8) is 0 Å². The minimum atomic E-state index is -4.64. The summed E-state index contributed by atoms with van der Waals surface area (Å²) in [6, 6.07) is 3.23. The third-order valence-corrected chi connectivity index (χ3v) is 2.88. The number of alkyl halides is 3. The monoisotopic (exact) mass is 353 g/mol. The molecule has 0 aliphatic heterocycles. The molecule has 20 heavy (non-hydrogen) atoms. The first-order chi connectivity index (χ1) is 9.21. The lowest BCUT2D eigenvalue weighted by molar-refractivity contribution is -0.138. The number of carbonyl (C=O) groups excluding carboxylic acids is 1. The normalized spacial score (nSPS) is 11.2. The topological polar surface area (TPSA) is 66.4 Å². The molecule has 1 aromatic carbocycles. The van der Waals surface area contributed by atoms with Crippen LogP contribution in [0, 0.1) is 0 Å². The Bertz CT molecular complexity index is 517. The molecule has 1 aromatic rings. The molecule has 0 aromatic heterocycles. The van der Waals surface area contributed by atoms with Gasteiger partial charge in [-0.3, -0.25) is 9.59 Å². The molecular formula is C12H11BrF3NO3. The van der Waals surface area contributed by atoms with Crippen LogP contribution < -0.4 is 5.32 Å². The molecule has 0 saturated carbocycles. The summed E-state index contributed by atoms with van der Waals surface area (Å²) in [5, 5.41) is 10.7. The molecule has 0 aliphatic carbocycles. The molecule has 0 radical (unpaired) electrons. The Labute approximate surface area is 121 Å². The number of amides is 1. The lowest BCUT2D eigenvalue weighted by Crippen LogP contribution is -2.27. The summed E-state index contributed by atoms with van der Waals surface area (Å²) < 4.78 is 38.6. The van der Waals surface area contributed by atoms with Crippen LogP contribution in [0.15, 0.2) is 22.7 Å². The van der Waals surface area contributed by atoms with E-state index in [0.29, 0.717) is 0 Å². The number of hydrogen-bond acceptors (Lipinski definition) is 2. The van der Waals surface area contributed by atoms with Crippen LogP contribution in [0.25, 0.3) is 0 Å². The second kappa shape index (κ2) is 6.74. The van der Waals surface area contributed by atoms with E-state index in [1.165, 1.54) is 6.07 Å². The second-order valence-electron chi connectivity index (χ2n) is 3.94. The number of carbonyl (C=O) groups is 2. The molecule has 0 spiro atoms. The molecule has 0 heterocycles. The van der Waals surface area contributed by atoms with Gasteiger partial charge in [0.1, 0.15) is 0 Å². The minimum Gasteiger partial charge on any atom is -0.481 e. The molecule has 0 aliphatic rings. The van der Waals surface area contributed by atoms with Crippen LogP contribution in [0.4, 0.5) is 13.2 Å². The van der Waals surface area contributed by atoms with Crippen LogP contribution in [0.2, 0.25) is 0 Å². The van der Waals surface area contributed by atoms with Crippen molar-refractivity contribution in [3.05, 3.63) is 33.8 Å². The Morgan fingerprint density at radius 1 is 1.30 bits per heavy atom. The van der Waals surface area contributed by atoms with Gasteiger partial charge in [0.15, 0.2) is 0 Å². The van der Waals surface area contributed by atoms with Crippen molar-refractivity contribution >= 4 is 27.8 Å². The molecule has 0 unspecified atom stereocenters. The zero-order chi connectivity index (χ0) is 15.3. The van der Waals surface area contributed by atoms with Crippen molar-refractivity contribution in [2.75, 3.05) is 6.54 Å². The first kappa shape index (κ1) is 16.5. The Balaban J connectivity index is 2.80. The van der Waals surface area contributed by atoms with E-state index in [4.69, 9.17) is 5.11 Å². The quantitative estimate of drug-likeness (QED) is 0.799. The molecule has 1 amide bonds. The van der Waals surface area contributed by atoms with E-state index >= 15 is 0 Å². The Kier molecular flexibility index (Phi) is 5.55. The van der Waals surface area contributed by atoms with Gasteiger partial charge in [0.2, 0.25) is 0 Å². The maximum Gasteiger partial charge on any atom is 0.417 e. The van der Waals surface area contributed by atoms with Gasteiger partial charge in [0, 0.05) is 17.4 Å². The van der Waals surface area contributed by atoms with E-state index in [1.807, 2.05) is 0 Å². The second-order valence-corrected chi connectivity index (χ2v) is 4.86. The van der Waals surface area contributed by atoms with E-state index in [9.17, 15) is 22.8 Å². The van der Waals surface area contributed by atoms with Gasteiger partial charge in [-0.2, -0.15) is 13.2 Å². The molecule has 0 atom stereocenters. The summed E-state index contributed by atoms with van der Waals surface area (Å²) in [6.45, 7) is -0.00149.